The molecule has 1 aromatic heterocycles. The Bertz CT molecular complexity index is 959. The standard InChI is InChI=1S/C23H28N4O4/c1-15-11-21(31-20-8-6-19(7-9-20)26-17(3)29)12-22(25-15)18-5-4-10-27(14-18)23(30)13-24-16(2)28/h6-9,11-12,18H,4-5,10,13-14H2,1-3H3,(H,24,28)(H,26,29)/t18-/m0/s1. The fourth-order valence-electron chi connectivity index (χ4n) is 3.63. The number of nitrogens with one attached hydrogen (secondary N) is 2. The smallest absolute Gasteiger partial charge is 0.241 e. The van der Waals surface area contributed by atoms with E-state index in [-0.39, 0.29) is 30.2 Å². The van der Waals surface area contributed by atoms with Crippen molar-refractivity contribution in [3.8, 4) is 11.5 Å². The van der Waals surface area contributed by atoms with Crippen molar-refractivity contribution < 1.29 is 19.1 Å². The van der Waals surface area contributed by atoms with Crippen molar-refractivity contribution in [3.63, 3.8) is 0 Å². The highest BCUT2D eigenvalue weighted by atomic mass is 16.5. The van der Waals surface area contributed by atoms with Gasteiger partial charge in [0, 0.05) is 62.1 Å². The van der Waals surface area contributed by atoms with Gasteiger partial charge in [0.15, 0.2) is 0 Å². The number of aromatic nitrogens is 1. The van der Waals surface area contributed by atoms with Crippen LogP contribution in [-0.4, -0.2) is 47.2 Å². The van der Waals surface area contributed by atoms with Crippen LogP contribution < -0.4 is 15.4 Å². The molecule has 164 valence electrons. The Kier molecular flexibility index (Phi) is 7.23. The summed E-state index contributed by atoms with van der Waals surface area (Å²) in [6.45, 7) is 6.05. The fraction of sp³-hybridized carbons (Fsp3) is 0.391. The number of hydrogen-bond donors (Lipinski definition) is 2. The summed E-state index contributed by atoms with van der Waals surface area (Å²) in [5, 5.41) is 5.29. The number of amides is 3. The molecule has 0 bridgehead atoms. The van der Waals surface area contributed by atoms with Gasteiger partial charge in [0.05, 0.1) is 6.54 Å². The van der Waals surface area contributed by atoms with Crippen LogP contribution in [0.25, 0.3) is 0 Å². The molecule has 1 fully saturated rings. The first-order valence-corrected chi connectivity index (χ1v) is 10.4. The van der Waals surface area contributed by atoms with Gasteiger partial charge in [-0.25, -0.2) is 0 Å². The normalized spacial score (nSPS) is 15.8. The number of ether oxygens (including phenoxy) is 1. The predicted molar refractivity (Wildman–Crippen MR) is 117 cm³/mol. The van der Waals surface area contributed by atoms with E-state index >= 15 is 0 Å². The minimum Gasteiger partial charge on any atom is -0.457 e. The zero-order valence-electron chi connectivity index (χ0n) is 18.1. The summed E-state index contributed by atoms with van der Waals surface area (Å²) in [4.78, 5) is 41.1. The molecule has 2 N–H and O–H groups in total. The third kappa shape index (κ3) is 6.53. The molecule has 0 aliphatic carbocycles. The Labute approximate surface area is 182 Å². The van der Waals surface area contributed by atoms with Crippen LogP contribution in [-0.2, 0) is 14.4 Å². The fourth-order valence-corrected chi connectivity index (χ4v) is 3.63. The third-order valence-corrected chi connectivity index (χ3v) is 5.04. The van der Waals surface area contributed by atoms with E-state index in [0.29, 0.717) is 30.3 Å². The third-order valence-electron chi connectivity index (χ3n) is 5.04. The minimum atomic E-state index is -0.214. The van der Waals surface area contributed by atoms with Crippen molar-refractivity contribution >= 4 is 23.4 Å². The van der Waals surface area contributed by atoms with E-state index in [1.807, 2.05) is 19.1 Å². The molecule has 0 spiro atoms. The molecule has 8 nitrogen and oxygen atoms in total. The number of rotatable bonds is 6. The second-order valence-corrected chi connectivity index (χ2v) is 7.77. The Morgan fingerprint density at radius 3 is 2.52 bits per heavy atom. The molecule has 3 rings (SSSR count). The van der Waals surface area contributed by atoms with E-state index in [1.54, 1.807) is 29.2 Å². The molecule has 0 radical (unpaired) electrons. The van der Waals surface area contributed by atoms with Crippen LogP contribution in [0.2, 0.25) is 0 Å². The molecule has 1 aliphatic rings. The summed E-state index contributed by atoms with van der Waals surface area (Å²) < 4.78 is 6.01. The number of carbonyl (C=O) groups excluding carboxylic acids is 3. The first-order valence-electron chi connectivity index (χ1n) is 10.4. The van der Waals surface area contributed by atoms with E-state index in [0.717, 1.165) is 24.2 Å². The first kappa shape index (κ1) is 22.3. The number of anilines is 1. The lowest BCUT2D eigenvalue weighted by Gasteiger charge is -2.32. The number of piperidine rings is 1. The molecule has 8 heteroatoms. The Hall–Kier alpha value is -3.42. The highest BCUT2D eigenvalue weighted by Gasteiger charge is 2.26. The largest absolute Gasteiger partial charge is 0.457 e. The molecule has 2 aromatic rings. The lowest BCUT2D eigenvalue weighted by molar-refractivity contribution is -0.133. The first-order chi connectivity index (χ1) is 14.8. The molecule has 1 atom stereocenters. The van der Waals surface area contributed by atoms with Crippen LogP contribution in [0.1, 0.15) is 44.0 Å². The molecule has 1 aromatic carbocycles. The summed E-state index contributed by atoms with van der Waals surface area (Å²) in [5.41, 5.74) is 2.43. The van der Waals surface area contributed by atoms with Crippen molar-refractivity contribution in [1.82, 2.24) is 15.2 Å². The van der Waals surface area contributed by atoms with E-state index in [9.17, 15) is 14.4 Å². The van der Waals surface area contributed by atoms with Crippen molar-refractivity contribution in [2.45, 2.75) is 39.5 Å². The Morgan fingerprint density at radius 1 is 1.10 bits per heavy atom. The van der Waals surface area contributed by atoms with Gasteiger partial charge in [0.25, 0.3) is 0 Å². The van der Waals surface area contributed by atoms with Crippen LogP contribution in [0.5, 0.6) is 11.5 Å². The zero-order valence-corrected chi connectivity index (χ0v) is 18.1. The van der Waals surface area contributed by atoms with Gasteiger partial charge >= 0.3 is 0 Å². The van der Waals surface area contributed by atoms with Gasteiger partial charge in [-0.1, -0.05) is 0 Å². The van der Waals surface area contributed by atoms with E-state index < -0.39 is 0 Å². The number of benzene rings is 1. The van der Waals surface area contributed by atoms with E-state index in [1.165, 1.54) is 13.8 Å². The summed E-state index contributed by atoms with van der Waals surface area (Å²) in [5.74, 6) is 1.02. The highest BCUT2D eigenvalue weighted by molar-refractivity contribution is 5.88. The highest BCUT2D eigenvalue weighted by Crippen LogP contribution is 2.30. The maximum atomic E-state index is 12.4. The Balaban J connectivity index is 1.69. The minimum absolute atomic E-state index is 0.0200. The van der Waals surface area contributed by atoms with Crippen LogP contribution in [0.3, 0.4) is 0 Å². The summed E-state index contributed by atoms with van der Waals surface area (Å²) in [6, 6.07) is 10.9. The number of hydrogen-bond acceptors (Lipinski definition) is 5. The summed E-state index contributed by atoms with van der Waals surface area (Å²) in [7, 11) is 0. The van der Waals surface area contributed by atoms with Crippen molar-refractivity contribution in [3.05, 3.63) is 47.8 Å². The number of aryl methyl sites for hydroxylation is 1. The van der Waals surface area contributed by atoms with Gasteiger partial charge in [-0.15, -0.1) is 0 Å². The van der Waals surface area contributed by atoms with Gasteiger partial charge in [0.1, 0.15) is 11.5 Å². The molecule has 2 heterocycles. The average molecular weight is 425 g/mol. The summed E-state index contributed by atoms with van der Waals surface area (Å²) >= 11 is 0. The van der Waals surface area contributed by atoms with Crippen LogP contribution in [0, 0.1) is 6.92 Å². The molecule has 3 amide bonds. The van der Waals surface area contributed by atoms with Crippen LogP contribution >= 0.6 is 0 Å². The van der Waals surface area contributed by atoms with E-state index in [4.69, 9.17) is 4.74 Å². The second-order valence-electron chi connectivity index (χ2n) is 7.77. The number of likely N-dealkylation sites (tertiary alicyclic amines) is 1. The zero-order chi connectivity index (χ0) is 22.4. The lowest BCUT2D eigenvalue weighted by atomic mass is 9.94. The second kappa shape index (κ2) is 10.1. The molecule has 1 saturated heterocycles. The van der Waals surface area contributed by atoms with Crippen molar-refractivity contribution in [2.75, 3.05) is 25.0 Å². The molecule has 0 unspecified atom stereocenters. The molecule has 0 saturated carbocycles. The van der Waals surface area contributed by atoms with E-state index in [2.05, 4.69) is 15.6 Å². The average Bonchev–Trinajstić information content (AvgIpc) is 2.72. The number of nitrogens with zero attached hydrogens (tertiary/aromatic N) is 2. The van der Waals surface area contributed by atoms with Gasteiger partial charge in [-0.3, -0.25) is 19.4 Å². The number of carbonyl (C=O) groups is 3. The van der Waals surface area contributed by atoms with Crippen LogP contribution in [0.4, 0.5) is 5.69 Å². The predicted octanol–water partition coefficient (Wildman–Crippen LogP) is 2.98. The van der Waals surface area contributed by atoms with Gasteiger partial charge in [-0.2, -0.15) is 0 Å². The summed E-state index contributed by atoms with van der Waals surface area (Å²) in [6.07, 6.45) is 1.82. The maximum absolute atomic E-state index is 12.4. The Morgan fingerprint density at radius 2 is 1.84 bits per heavy atom. The van der Waals surface area contributed by atoms with Gasteiger partial charge < -0.3 is 20.3 Å². The molecular formula is C23H28N4O4. The van der Waals surface area contributed by atoms with Crippen molar-refractivity contribution in [1.29, 1.82) is 0 Å². The van der Waals surface area contributed by atoms with Crippen LogP contribution in [0.15, 0.2) is 36.4 Å². The van der Waals surface area contributed by atoms with Gasteiger partial charge in [-0.05, 0) is 44.0 Å². The van der Waals surface area contributed by atoms with Crippen molar-refractivity contribution in [2.24, 2.45) is 0 Å². The monoisotopic (exact) mass is 424 g/mol. The molecular weight excluding hydrogens is 396 g/mol. The SMILES string of the molecule is CC(=O)NCC(=O)N1CCC[C@H](c2cc(Oc3ccc(NC(C)=O)cc3)cc(C)n2)C1. The number of pyridine rings is 1. The quantitative estimate of drug-likeness (QED) is 0.743. The molecule has 1 aliphatic heterocycles. The topological polar surface area (TPSA) is 101 Å². The lowest BCUT2D eigenvalue weighted by Crippen LogP contribution is -2.44. The maximum Gasteiger partial charge on any atom is 0.241 e. The molecule has 31 heavy (non-hydrogen) atoms. The van der Waals surface area contributed by atoms with Gasteiger partial charge in [0.2, 0.25) is 17.7 Å².